The van der Waals surface area contributed by atoms with Gasteiger partial charge in [0.1, 0.15) is 16.3 Å². The van der Waals surface area contributed by atoms with Crippen molar-refractivity contribution >= 4 is 50.4 Å². The highest BCUT2D eigenvalue weighted by Gasteiger charge is 2.26. The molecular weight excluding hydrogens is 582 g/mol. The van der Waals surface area contributed by atoms with Crippen molar-refractivity contribution in [3.05, 3.63) is 51.4 Å². The number of aromatic nitrogens is 3. The number of carbonyl (C=O) groups is 1. The molecule has 1 aliphatic rings. The van der Waals surface area contributed by atoms with Gasteiger partial charge in [0.2, 0.25) is 16.0 Å². The lowest BCUT2D eigenvalue weighted by Gasteiger charge is -2.35. The standard InChI is InChI=1S/C28H38ClN7O5S/c1-18(2)36-24-20(16-22(29)25(36)37)17-30-26(33-24)32-23-8-7-21(15-19(23)3)42(39,40)31-9-10-34-11-13-35(14-12-34)27(38)41-28(4,5)6/h7-8,15-18,31H,9-14H2,1-6H3,(H,30,32,33). The second-order valence-electron chi connectivity index (χ2n) is 11.5. The van der Waals surface area contributed by atoms with Crippen molar-refractivity contribution in [3.8, 4) is 0 Å². The van der Waals surface area contributed by atoms with Crippen LogP contribution >= 0.6 is 11.6 Å². The van der Waals surface area contributed by atoms with Gasteiger partial charge in [-0.25, -0.2) is 22.9 Å². The SMILES string of the molecule is Cc1cc(S(=O)(=O)NCCN2CCN(C(=O)OC(C)(C)C)CC2)ccc1Nc1ncc2cc(Cl)c(=O)n(C(C)C)c2n1. The monoisotopic (exact) mass is 619 g/mol. The molecule has 12 nitrogen and oxygen atoms in total. The first-order valence-corrected chi connectivity index (χ1v) is 15.7. The number of rotatable bonds is 8. The molecule has 14 heteroatoms. The molecule has 228 valence electrons. The summed E-state index contributed by atoms with van der Waals surface area (Å²) < 4.78 is 35.6. The highest BCUT2D eigenvalue weighted by molar-refractivity contribution is 7.89. The van der Waals surface area contributed by atoms with Crippen molar-refractivity contribution in [1.82, 2.24) is 29.1 Å². The fraction of sp³-hybridized carbons (Fsp3) is 0.500. The number of aryl methyl sites for hydroxylation is 1. The second kappa shape index (κ2) is 12.5. The van der Waals surface area contributed by atoms with Crippen LogP contribution in [-0.4, -0.2) is 83.7 Å². The summed E-state index contributed by atoms with van der Waals surface area (Å²) in [6, 6.07) is 6.13. The van der Waals surface area contributed by atoms with Crippen LogP contribution in [0.4, 0.5) is 16.4 Å². The summed E-state index contributed by atoms with van der Waals surface area (Å²) in [6.45, 7) is 14.1. The number of fused-ring (bicyclic) bond motifs is 1. The van der Waals surface area contributed by atoms with Gasteiger partial charge in [0, 0.05) is 62.6 Å². The first kappa shape index (κ1) is 31.7. The maximum absolute atomic E-state index is 13.0. The number of nitrogens with one attached hydrogen (secondary N) is 2. The Labute approximate surface area is 251 Å². The number of anilines is 2. The molecule has 2 N–H and O–H groups in total. The zero-order valence-corrected chi connectivity index (χ0v) is 26.3. The first-order chi connectivity index (χ1) is 19.6. The Bertz CT molecular complexity index is 1630. The summed E-state index contributed by atoms with van der Waals surface area (Å²) in [6.07, 6.45) is 1.26. The quantitative estimate of drug-likeness (QED) is 0.384. The lowest BCUT2D eigenvalue weighted by atomic mass is 10.2. The smallest absolute Gasteiger partial charge is 0.410 e. The van der Waals surface area contributed by atoms with Crippen LogP contribution in [0.25, 0.3) is 11.0 Å². The molecule has 0 unspecified atom stereocenters. The van der Waals surface area contributed by atoms with Crippen LogP contribution in [0.15, 0.2) is 40.2 Å². The molecule has 1 amide bonds. The summed E-state index contributed by atoms with van der Waals surface area (Å²) >= 11 is 6.10. The predicted molar refractivity (Wildman–Crippen MR) is 163 cm³/mol. The highest BCUT2D eigenvalue weighted by Crippen LogP contribution is 2.24. The van der Waals surface area contributed by atoms with Crippen LogP contribution in [0.3, 0.4) is 0 Å². The van der Waals surface area contributed by atoms with Gasteiger partial charge in [0.15, 0.2) is 0 Å². The van der Waals surface area contributed by atoms with Gasteiger partial charge in [-0.05, 0) is 71.4 Å². The van der Waals surface area contributed by atoms with Crippen LogP contribution in [0.2, 0.25) is 5.02 Å². The van der Waals surface area contributed by atoms with Crippen LogP contribution < -0.4 is 15.6 Å². The number of hydrogen-bond donors (Lipinski definition) is 2. The largest absolute Gasteiger partial charge is 0.444 e. The minimum atomic E-state index is -3.74. The normalized spacial score (nSPS) is 14.9. The molecule has 0 atom stereocenters. The number of pyridine rings is 1. The average molecular weight is 620 g/mol. The lowest BCUT2D eigenvalue weighted by Crippen LogP contribution is -2.51. The average Bonchev–Trinajstić information content (AvgIpc) is 2.89. The molecule has 2 aromatic heterocycles. The molecule has 1 aromatic carbocycles. The molecule has 1 saturated heterocycles. The molecule has 3 heterocycles. The van der Waals surface area contributed by atoms with Gasteiger partial charge in [0.05, 0.1) is 4.90 Å². The van der Waals surface area contributed by atoms with E-state index in [0.717, 1.165) is 0 Å². The van der Waals surface area contributed by atoms with Crippen molar-refractivity contribution < 1.29 is 17.9 Å². The molecule has 1 fully saturated rings. The van der Waals surface area contributed by atoms with Gasteiger partial charge < -0.3 is 15.0 Å². The van der Waals surface area contributed by atoms with E-state index in [9.17, 15) is 18.0 Å². The summed E-state index contributed by atoms with van der Waals surface area (Å²) in [5.41, 5.74) is 0.882. The minimum absolute atomic E-state index is 0.0996. The van der Waals surface area contributed by atoms with E-state index in [1.807, 2.05) is 34.6 Å². The molecule has 0 bridgehead atoms. The predicted octanol–water partition coefficient (Wildman–Crippen LogP) is 3.91. The van der Waals surface area contributed by atoms with Crippen LogP contribution in [-0.2, 0) is 14.8 Å². The Kier molecular flexibility index (Phi) is 9.46. The first-order valence-electron chi connectivity index (χ1n) is 13.8. The number of carbonyl (C=O) groups excluding carboxylic acids is 1. The van der Waals surface area contributed by atoms with E-state index < -0.39 is 15.6 Å². The number of nitrogens with zero attached hydrogens (tertiary/aromatic N) is 5. The van der Waals surface area contributed by atoms with Gasteiger partial charge >= 0.3 is 6.09 Å². The van der Waals surface area contributed by atoms with Crippen LogP contribution in [0.1, 0.15) is 46.2 Å². The number of ether oxygens (including phenoxy) is 1. The van der Waals surface area contributed by atoms with E-state index in [1.54, 1.807) is 36.2 Å². The Hall–Kier alpha value is -3.26. The van der Waals surface area contributed by atoms with E-state index in [1.165, 1.54) is 10.6 Å². The van der Waals surface area contributed by atoms with Gasteiger partial charge in [0.25, 0.3) is 5.56 Å². The summed E-state index contributed by atoms with van der Waals surface area (Å²) in [7, 11) is -3.74. The topological polar surface area (TPSA) is 139 Å². The van der Waals surface area contributed by atoms with Crippen molar-refractivity contribution in [1.29, 1.82) is 0 Å². The molecule has 1 aliphatic heterocycles. The van der Waals surface area contributed by atoms with E-state index in [2.05, 4.69) is 24.9 Å². The molecular formula is C28H38ClN7O5S. The van der Waals surface area contributed by atoms with Crippen molar-refractivity contribution in [2.45, 2.75) is 58.1 Å². The maximum Gasteiger partial charge on any atom is 0.410 e. The number of hydrogen-bond acceptors (Lipinski definition) is 9. The third-order valence-corrected chi connectivity index (χ3v) is 8.47. The van der Waals surface area contributed by atoms with Gasteiger partial charge in [-0.1, -0.05) is 11.6 Å². The van der Waals surface area contributed by atoms with E-state index in [0.29, 0.717) is 55.0 Å². The van der Waals surface area contributed by atoms with E-state index in [-0.39, 0.29) is 40.1 Å². The van der Waals surface area contributed by atoms with Crippen LogP contribution in [0, 0.1) is 6.92 Å². The number of halogens is 1. The molecule has 0 aliphatic carbocycles. The molecule has 0 radical (unpaired) electrons. The minimum Gasteiger partial charge on any atom is -0.444 e. The number of sulfonamides is 1. The molecule has 42 heavy (non-hydrogen) atoms. The fourth-order valence-electron chi connectivity index (χ4n) is 4.59. The summed E-state index contributed by atoms with van der Waals surface area (Å²) in [5.74, 6) is 0.266. The fourth-order valence-corrected chi connectivity index (χ4v) is 5.91. The van der Waals surface area contributed by atoms with Gasteiger partial charge in [-0.3, -0.25) is 14.3 Å². The third-order valence-electron chi connectivity index (χ3n) is 6.74. The van der Waals surface area contributed by atoms with Gasteiger partial charge in [-0.2, -0.15) is 4.98 Å². The van der Waals surface area contributed by atoms with Crippen LogP contribution in [0.5, 0.6) is 0 Å². The summed E-state index contributed by atoms with van der Waals surface area (Å²) in [4.78, 5) is 37.6. The Balaban J connectivity index is 1.36. The number of benzene rings is 1. The molecule has 4 rings (SSSR count). The third kappa shape index (κ3) is 7.57. The van der Waals surface area contributed by atoms with Crippen molar-refractivity contribution in [2.24, 2.45) is 0 Å². The molecule has 0 spiro atoms. The lowest BCUT2D eigenvalue weighted by molar-refractivity contribution is 0.0147. The maximum atomic E-state index is 13.0. The molecule has 0 saturated carbocycles. The Morgan fingerprint density at radius 3 is 2.45 bits per heavy atom. The zero-order chi connectivity index (χ0) is 30.8. The van der Waals surface area contributed by atoms with Crippen molar-refractivity contribution in [2.75, 3.05) is 44.6 Å². The van der Waals surface area contributed by atoms with Crippen molar-refractivity contribution in [3.63, 3.8) is 0 Å². The highest BCUT2D eigenvalue weighted by atomic mass is 35.5. The van der Waals surface area contributed by atoms with E-state index >= 15 is 0 Å². The Morgan fingerprint density at radius 1 is 1.14 bits per heavy atom. The van der Waals surface area contributed by atoms with Gasteiger partial charge in [-0.15, -0.1) is 0 Å². The Morgan fingerprint density at radius 2 is 1.83 bits per heavy atom. The van der Waals surface area contributed by atoms with E-state index in [4.69, 9.17) is 16.3 Å². The summed E-state index contributed by atoms with van der Waals surface area (Å²) in [5, 5.41) is 3.86. The number of amides is 1. The zero-order valence-electron chi connectivity index (χ0n) is 24.8. The second-order valence-corrected chi connectivity index (χ2v) is 13.7. The molecule has 3 aromatic rings. The number of piperazine rings is 1.